The molecule has 1 saturated carbocycles. The first-order valence-electron chi connectivity index (χ1n) is 8.21. The van der Waals surface area contributed by atoms with Crippen molar-refractivity contribution >= 4 is 22.6 Å². The Balaban J connectivity index is 1.70. The molecule has 0 bridgehead atoms. The van der Waals surface area contributed by atoms with Crippen molar-refractivity contribution in [3.63, 3.8) is 0 Å². The molecule has 1 aliphatic rings. The van der Waals surface area contributed by atoms with Crippen LogP contribution in [0.3, 0.4) is 0 Å². The molecule has 2 N–H and O–H groups in total. The maximum absolute atomic E-state index is 12.5. The fraction of sp³-hybridized carbons (Fsp3) is 0.444. The molecule has 1 aromatic heterocycles. The highest BCUT2D eigenvalue weighted by Gasteiger charge is 2.65. The van der Waals surface area contributed by atoms with Gasteiger partial charge in [0.25, 0.3) is 5.56 Å². The van der Waals surface area contributed by atoms with Gasteiger partial charge in [0, 0.05) is 11.4 Å². The van der Waals surface area contributed by atoms with E-state index in [0.717, 1.165) is 5.39 Å². The number of rotatable bonds is 5. The third-order valence-electron chi connectivity index (χ3n) is 4.97. The summed E-state index contributed by atoms with van der Waals surface area (Å²) >= 11 is 0. The van der Waals surface area contributed by atoms with E-state index in [1.165, 1.54) is 4.68 Å². The third kappa shape index (κ3) is 3.01. The van der Waals surface area contributed by atoms with Gasteiger partial charge in [0.15, 0.2) is 0 Å². The van der Waals surface area contributed by atoms with Crippen LogP contribution in [-0.4, -0.2) is 32.8 Å². The van der Waals surface area contributed by atoms with Crippen LogP contribution in [0, 0.1) is 17.3 Å². The Morgan fingerprint density at radius 1 is 1.32 bits per heavy atom. The molecule has 1 fully saturated rings. The van der Waals surface area contributed by atoms with Crippen LogP contribution in [0.5, 0.6) is 0 Å². The smallest absolute Gasteiger partial charge is 0.307 e. The molecule has 132 valence electrons. The third-order valence-corrected chi connectivity index (χ3v) is 4.97. The van der Waals surface area contributed by atoms with Crippen molar-refractivity contribution in [2.24, 2.45) is 17.3 Å². The lowest BCUT2D eigenvalue weighted by Gasteiger charge is -2.15. The monoisotopic (exact) mass is 343 g/mol. The summed E-state index contributed by atoms with van der Waals surface area (Å²) in [5.74, 6) is -2.46. The zero-order valence-corrected chi connectivity index (χ0v) is 14.4. The second-order valence-electron chi connectivity index (χ2n) is 7.24. The molecule has 3 rings (SSSR count). The van der Waals surface area contributed by atoms with Gasteiger partial charge in [-0.2, -0.15) is 5.10 Å². The van der Waals surface area contributed by atoms with Gasteiger partial charge in [-0.15, -0.1) is 0 Å². The standard InChI is InChI=1S/C18H21N3O4/c1-10(20-15(22)13-14(17(24)25)18(13,2)3)9-21-16(23)12-7-5-4-6-11(12)8-19-21/h4-8,10,13-14H,9H2,1-3H3,(H,20,22)(H,24,25)/t10?,13-,14+/m0/s1. The van der Waals surface area contributed by atoms with E-state index >= 15 is 0 Å². The lowest BCUT2D eigenvalue weighted by molar-refractivity contribution is -0.140. The van der Waals surface area contributed by atoms with Gasteiger partial charge in [-0.05, 0) is 18.4 Å². The number of carbonyl (C=O) groups excluding carboxylic acids is 1. The second-order valence-corrected chi connectivity index (χ2v) is 7.24. The van der Waals surface area contributed by atoms with Gasteiger partial charge in [0.1, 0.15) is 0 Å². The minimum atomic E-state index is -0.954. The van der Waals surface area contributed by atoms with Crippen molar-refractivity contribution in [3.05, 3.63) is 40.8 Å². The number of fused-ring (bicyclic) bond motifs is 1. The van der Waals surface area contributed by atoms with E-state index in [9.17, 15) is 19.5 Å². The highest BCUT2D eigenvalue weighted by Crippen LogP contribution is 2.58. The Labute approximate surface area is 144 Å². The predicted octanol–water partition coefficient (Wildman–Crippen LogP) is 1.26. The van der Waals surface area contributed by atoms with E-state index < -0.39 is 23.2 Å². The molecule has 7 nitrogen and oxygen atoms in total. The largest absolute Gasteiger partial charge is 0.481 e. The molecule has 25 heavy (non-hydrogen) atoms. The lowest BCUT2D eigenvalue weighted by atomic mass is 10.1. The Morgan fingerprint density at radius 2 is 2.00 bits per heavy atom. The Hall–Kier alpha value is -2.70. The van der Waals surface area contributed by atoms with Crippen LogP contribution in [0.2, 0.25) is 0 Å². The van der Waals surface area contributed by atoms with Crippen molar-refractivity contribution < 1.29 is 14.7 Å². The number of aromatic nitrogens is 2. The second kappa shape index (κ2) is 5.98. The van der Waals surface area contributed by atoms with Crippen molar-refractivity contribution in [2.75, 3.05) is 0 Å². The quantitative estimate of drug-likeness (QED) is 0.851. The van der Waals surface area contributed by atoms with Crippen LogP contribution in [0.15, 0.2) is 35.3 Å². The summed E-state index contributed by atoms with van der Waals surface area (Å²) in [5, 5.41) is 17.5. The molecule has 3 atom stereocenters. The average Bonchev–Trinajstić information content (AvgIpc) is 3.13. The first-order chi connectivity index (χ1) is 11.7. The number of aliphatic carboxylic acids is 1. The van der Waals surface area contributed by atoms with Crippen LogP contribution in [0.1, 0.15) is 20.8 Å². The minimum Gasteiger partial charge on any atom is -0.481 e. The molecule has 1 aromatic carbocycles. The van der Waals surface area contributed by atoms with E-state index in [4.69, 9.17) is 0 Å². The van der Waals surface area contributed by atoms with E-state index in [-0.39, 0.29) is 24.1 Å². The number of carbonyl (C=O) groups is 2. The number of carboxylic acid groups (broad SMARTS) is 1. The van der Waals surface area contributed by atoms with Crippen LogP contribution in [0.4, 0.5) is 0 Å². The SMILES string of the molecule is CC(Cn1ncc2ccccc2c1=O)NC(=O)[C@@H]1[C@H](C(=O)O)C1(C)C. The number of nitrogens with zero attached hydrogens (tertiary/aromatic N) is 2. The van der Waals surface area contributed by atoms with Crippen LogP contribution in [-0.2, 0) is 16.1 Å². The molecule has 1 aliphatic carbocycles. The summed E-state index contributed by atoms with van der Waals surface area (Å²) in [4.78, 5) is 36.0. The van der Waals surface area contributed by atoms with Crippen LogP contribution in [0.25, 0.3) is 10.8 Å². The Morgan fingerprint density at radius 3 is 2.64 bits per heavy atom. The van der Waals surface area contributed by atoms with Crippen molar-refractivity contribution in [2.45, 2.75) is 33.4 Å². The maximum Gasteiger partial charge on any atom is 0.307 e. The van der Waals surface area contributed by atoms with E-state index in [1.54, 1.807) is 39.1 Å². The first kappa shape index (κ1) is 17.1. The van der Waals surface area contributed by atoms with E-state index in [2.05, 4.69) is 10.4 Å². The van der Waals surface area contributed by atoms with Gasteiger partial charge in [0.05, 0.1) is 30.0 Å². The summed E-state index contributed by atoms with van der Waals surface area (Å²) in [6.45, 7) is 5.54. The van der Waals surface area contributed by atoms with E-state index in [1.807, 2.05) is 12.1 Å². The van der Waals surface area contributed by atoms with Crippen molar-refractivity contribution in [3.8, 4) is 0 Å². The fourth-order valence-electron chi connectivity index (χ4n) is 3.48. The summed E-state index contributed by atoms with van der Waals surface area (Å²) in [6.07, 6.45) is 1.62. The maximum atomic E-state index is 12.5. The molecule has 2 aromatic rings. The average molecular weight is 343 g/mol. The topological polar surface area (TPSA) is 101 Å². The number of nitrogens with one attached hydrogen (secondary N) is 1. The molecular formula is C18H21N3O4. The molecule has 0 spiro atoms. The Bertz CT molecular complexity index is 903. The summed E-state index contributed by atoms with van der Waals surface area (Å²) in [5.41, 5.74) is -0.761. The van der Waals surface area contributed by atoms with Gasteiger partial charge in [0.2, 0.25) is 5.91 Å². The predicted molar refractivity (Wildman–Crippen MR) is 92.0 cm³/mol. The van der Waals surface area contributed by atoms with E-state index in [0.29, 0.717) is 5.39 Å². The molecule has 1 unspecified atom stereocenters. The highest BCUT2D eigenvalue weighted by atomic mass is 16.4. The summed E-state index contributed by atoms with van der Waals surface area (Å²) in [6, 6.07) is 6.85. The fourth-order valence-corrected chi connectivity index (χ4v) is 3.48. The summed E-state index contributed by atoms with van der Waals surface area (Å²) in [7, 11) is 0. The number of hydrogen-bond donors (Lipinski definition) is 2. The number of carboxylic acids is 1. The van der Waals surface area contributed by atoms with Gasteiger partial charge >= 0.3 is 5.97 Å². The zero-order valence-electron chi connectivity index (χ0n) is 14.4. The zero-order chi connectivity index (χ0) is 18.4. The molecule has 7 heteroatoms. The number of benzene rings is 1. The summed E-state index contributed by atoms with van der Waals surface area (Å²) < 4.78 is 1.32. The molecule has 0 aliphatic heterocycles. The van der Waals surface area contributed by atoms with Gasteiger partial charge in [-0.3, -0.25) is 14.4 Å². The molecule has 1 amide bonds. The molecule has 0 saturated heterocycles. The first-order valence-corrected chi connectivity index (χ1v) is 8.21. The highest BCUT2D eigenvalue weighted by molar-refractivity contribution is 5.91. The number of amides is 1. The lowest BCUT2D eigenvalue weighted by Crippen LogP contribution is -2.40. The molecule has 0 radical (unpaired) electrons. The molecular weight excluding hydrogens is 322 g/mol. The van der Waals surface area contributed by atoms with Gasteiger partial charge in [-0.25, -0.2) is 4.68 Å². The number of hydrogen-bond acceptors (Lipinski definition) is 4. The molecule has 1 heterocycles. The van der Waals surface area contributed by atoms with Crippen molar-refractivity contribution in [1.29, 1.82) is 0 Å². The van der Waals surface area contributed by atoms with Gasteiger partial charge < -0.3 is 10.4 Å². The van der Waals surface area contributed by atoms with Crippen LogP contribution >= 0.6 is 0 Å². The van der Waals surface area contributed by atoms with Crippen LogP contribution < -0.4 is 10.9 Å². The normalized spacial score (nSPS) is 22.4. The van der Waals surface area contributed by atoms with Crippen molar-refractivity contribution in [1.82, 2.24) is 15.1 Å². The minimum absolute atomic E-state index is 0.214. The van der Waals surface area contributed by atoms with Gasteiger partial charge in [-0.1, -0.05) is 32.0 Å². The Kier molecular flexibility index (Phi) is 4.10.